The van der Waals surface area contributed by atoms with E-state index in [1.165, 1.54) is 0 Å². The number of nitrogens with zero attached hydrogens (tertiary/aromatic N) is 3. The molecule has 3 aliphatic heterocycles. The van der Waals surface area contributed by atoms with E-state index >= 15 is 0 Å². The molecule has 0 saturated carbocycles. The molecule has 0 aromatic heterocycles. The number of rotatable bonds is 4. The minimum Gasteiger partial charge on any atom is -0.545 e. The Hall–Kier alpha value is -3.64. The zero-order valence-electron chi connectivity index (χ0n) is 20.3. The second-order valence-corrected chi connectivity index (χ2v) is 10.2. The maximum Gasteiger partial charge on any atom is 0.203 e. The highest BCUT2D eigenvalue weighted by atomic mass is 16.4. The summed E-state index contributed by atoms with van der Waals surface area (Å²) in [6.45, 7) is 6.27. The molecule has 0 N–H and O–H groups in total. The van der Waals surface area contributed by atoms with E-state index in [0.29, 0.717) is 17.5 Å². The molecule has 2 fully saturated rings. The minimum absolute atomic E-state index is 0.183. The van der Waals surface area contributed by atoms with Gasteiger partial charge in [0.25, 0.3) is 0 Å². The van der Waals surface area contributed by atoms with Gasteiger partial charge in [0, 0.05) is 59.0 Å². The Labute approximate surface area is 204 Å². The van der Waals surface area contributed by atoms with Crippen LogP contribution in [0.25, 0.3) is 33.4 Å². The summed E-state index contributed by atoms with van der Waals surface area (Å²) in [5.41, 5.74) is 4.46. The number of carboxylic acids is 1. The lowest BCUT2D eigenvalue weighted by Crippen LogP contribution is -2.57. The summed E-state index contributed by atoms with van der Waals surface area (Å²) in [7, 11) is 4.22. The van der Waals surface area contributed by atoms with E-state index in [4.69, 9.17) is 4.42 Å². The molecule has 0 spiro atoms. The van der Waals surface area contributed by atoms with Crippen molar-refractivity contribution < 1.29 is 14.3 Å². The highest BCUT2D eigenvalue weighted by Gasteiger charge is 2.30. The number of fused-ring (bicyclic) bond motifs is 2. The lowest BCUT2D eigenvalue weighted by molar-refractivity contribution is -0.254. The molecule has 4 aliphatic rings. The number of hydrogen-bond donors (Lipinski definition) is 0. The van der Waals surface area contributed by atoms with Crippen molar-refractivity contribution in [1.29, 1.82) is 0 Å². The van der Waals surface area contributed by atoms with Gasteiger partial charge in [0.05, 0.1) is 18.0 Å². The van der Waals surface area contributed by atoms with Crippen LogP contribution >= 0.6 is 0 Å². The molecule has 2 aromatic rings. The van der Waals surface area contributed by atoms with Gasteiger partial charge in [0.2, 0.25) is 5.36 Å². The number of aromatic carboxylic acids is 1. The molecule has 6 heteroatoms. The van der Waals surface area contributed by atoms with Crippen molar-refractivity contribution in [1.82, 2.24) is 9.48 Å². The van der Waals surface area contributed by atoms with Gasteiger partial charge >= 0.3 is 0 Å². The summed E-state index contributed by atoms with van der Waals surface area (Å²) in [6.07, 6.45) is 0. The van der Waals surface area contributed by atoms with Crippen molar-refractivity contribution in [2.75, 3.05) is 45.2 Å². The van der Waals surface area contributed by atoms with E-state index in [2.05, 4.69) is 71.8 Å². The number of carbonyl (C=O) groups excluding carboxylic acids is 1. The van der Waals surface area contributed by atoms with Crippen LogP contribution in [0.4, 0.5) is 5.69 Å². The van der Waals surface area contributed by atoms with E-state index in [1.54, 1.807) is 12.1 Å². The normalized spacial score (nSPS) is 18.2. The molecule has 1 aliphatic carbocycles. The van der Waals surface area contributed by atoms with E-state index in [1.807, 2.05) is 12.1 Å². The standard InChI is InChI=1S/C29H29N3O3/c1-18-14-31(15-18)19-8-10-24-26(12-19)35-27-13-20(32-16-21(17-32)30(2)3)9-11-25(27)28(24)22-6-4-5-7-23(22)29(33)34/h4-13,18,21H,14-17H2,1-3H3. The summed E-state index contributed by atoms with van der Waals surface area (Å²) in [5.74, 6) is 0.264. The van der Waals surface area contributed by atoms with Crippen molar-refractivity contribution in [3.63, 3.8) is 0 Å². The topological polar surface area (TPSA) is 62.8 Å². The smallest absolute Gasteiger partial charge is 0.203 e. The van der Waals surface area contributed by atoms with Crippen LogP contribution in [0.15, 0.2) is 65.1 Å². The van der Waals surface area contributed by atoms with Crippen molar-refractivity contribution in [3.8, 4) is 22.5 Å². The second kappa shape index (κ2) is 8.24. The molecular formula is C29H29N3O3. The molecule has 35 heavy (non-hydrogen) atoms. The van der Waals surface area contributed by atoms with Crippen molar-refractivity contribution in [2.45, 2.75) is 13.0 Å². The molecular weight excluding hydrogens is 438 g/mol. The Morgan fingerprint density at radius 3 is 2.51 bits per heavy atom. The monoisotopic (exact) mass is 467 g/mol. The number of anilines is 1. The van der Waals surface area contributed by atoms with Crippen LogP contribution in [0, 0.1) is 5.92 Å². The van der Waals surface area contributed by atoms with E-state index in [0.717, 1.165) is 65.1 Å². The van der Waals surface area contributed by atoms with Crippen LogP contribution in [0.2, 0.25) is 0 Å². The third-order valence-corrected chi connectivity index (χ3v) is 7.49. The van der Waals surface area contributed by atoms with Crippen LogP contribution in [0.1, 0.15) is 17.3 Å². The Bertz CT molecular complexity index is 1490. The fraction of sp³-hybridized carbons (Fsp3) is 0.310. The first kappa shape index (κ1) is 21.9. The molecule has 0 atom stereocenters. The summed E-state index contributed by atoms with van der Waals surface area (Å²) in [4.78, 5) is 16.6. The molecule has 0 radical (unpaired) electrons. The first-order valence-corrected chi connectivity index (χ1v) is 12.2. The number of carbonyl (C=O) groups is 1. The average Bonchev–Trinajstić information content (AvgIpc) is 2.79. The second-order valence-electron chi connectivity index (χ2n) is 10.2. The van der Waals surface area contributed by atoms with Gasteiger partial charge in [-0.2, -0.15) is 0 Å². The van der Waals surface area contributed by atoms with Gasteiger partial charge in [-0.25, -0.2) is 4.58 Å². The molecule has 6 nitrogen and oxygen atoms in total. The SMILES string of the molecule is CC1C[N+](=c2ccc3c(-c4ccccc4C(=O)[O-])c4ccc(N5CC(N(C)C)C5)cc4oc-3c2)C1. The maximum absolute atomic E-state index is 12.0. The third-order valence-electron chi connectivity index (χ3n) is 7.49. The Morgan fingerprint density at radius 2 is 1.80 bits per heavy atom. The quantitative estimate of drug-likeness (QED) is 0.341. The lowest BCUT2D eigenvalue weighted by atomic mass is 9.90. The third kappa shape index (κ3) is 3.69. The minimum atomic E-state index is -1.18. The van der Waals surface area contributed by atoms with Crippen LogP contribution in [-0.2, 0) is 0 Å². The maximum atomic E-state index is 12.0. The molecule has 178 valence electrons. The number of likely N-dealkylation sites (N-methyl/N-ethyl adjacent to an activating group) is 1. The van der Waals surface area contributed by atoms with Crippen molar-refractivity contribution in [2.24, 2.45) is 5.92 Å². The predicted octanol–water partition coefficient (Wildman–Crippen LogP) is 2.74. The number of benzene rings is 3. The van der Waals surface area contributed by atoms with E-state index < -0.39 is 5.97 Å². The molecule has 2 saturated heterocycles. The van der Waals surface area contributed by atoms with E-state index in [-0.39, 0.29) is 5.56 Å². The summed E-state index contributed by atoms with van der Waals surface area (Å²) in [5, 5.41) is 14.0. The van der Waals surface area contributed by atoms with Crippen LogP contribution in [0.3, 0.4) is 0 Å². The summed E-state index contributed by atoms with van der Waals surface area (Å²) >= 11 is 0. The molecule has 2 aromatic carbocycles. The van der Waals surface area contributed by atoms with Gasteiger partial charge < -0.3 is 24.1 Å². The van der Waals surface area contributed by atoms with Gasteiger partial charge in [0.1, 0.15) is 11.3 Å². The van der Waals surface area contributed by atoms with Gasteiger partial charge in [-0.15, -0.1) is 0 Å². The summed E-state index contributed by atoms with van der Waals surface area (Å²) in [6, 6.07) is 20.1. The molecule has 3 heterocycles. The predicted molar refractivity (Wildman–Crippen MR) is 136 cm³/mol. The Kier molecular flexibility index (Phi) is 5.15. The van der Waals surface area contributed by atoms with E-state index in [9.17, 15) is 9.90 Å². The number of hydrogen-bond acceptors (Lipinski definition) is 5. The fourth-order valence-electron chi connectivity index (χ4n) is 5.33. The van der Waals surface area contributed by atoms with Crippen LogP contribution < -0.4 is 19.9 Å². The van der Waals surface area contributed by atoms with Crippen molar-refractivity contribution >= 4 is 22.6 Å². The molecule has 0 unspecified atom stereocenters. The highest BCUT2D eigenvalue weighted by molar-refractivity contribution is 6.07. The first-order valence-electron chi connectivity index (χ1n) is 12.2. The first-order chi connectivity index (χ1) is 16.9. The zero-order valence-corrected chi connectivity index (χ0v) is 20.3. The fourth-order valence-corrected chi connectivity index (χ4v) is 5.33. The lowest BCUT2D eigenvalue weighted by Gasteiger charge is -2.44. The number of carboxylic acid groups (broad SMARTS) is 1. The molecule has 0 amide bonds. The van der Waals surface area contributed by atoms with Gasteiger partial charge in [-0.1, -0.05) is 31.2 Å². The van der Waals surface area contributed by atoms with Gasteiger partial charge in [0.15, 0.2) is 13.1 Å². The van der Waals surface area contributed by atoms with Crippen molar-refractivity contribution in [3.05, 3.63) is 71.6 Å². The largest absolute Gasteiger partial charge is 0.545 e. The van der Waals surface area contributed by atoms with Gasteiger partial charge in [-0.3, -0.25) is 0 Å². The Morgan fingerprint density at radius 1 is 1.03 bits per heavy atom. The summed E-state index contributed by atoms with van der Waals surface area (Å²) < 4.78 is 8.85. The van der Waals surface area contributed by atoms with Gasteiger partial charge in [-0.05, 0) is 37.9 Å². The van der Waals surface area contributed by atoms with Crippen LogP contribution in [-0.4, -0.2) is 57.2 Å². The zero-order chi connectivity index (χ0) is 24.3. The molecule has 0 bridgehead atoms. The average molecular weight is 468 g/mol. The van der Waals surface area contributed by atoms with Crippen LogP contribution in [0.5, 0.6) is 0 Å². The Balaban J connectivity index is 1.58. The highest BCUT2D eigenvalue weighted by Crippen LogP contribution is 2.42. The molecule has 6 rings (SSSR count).